The zero-order chi connectivity index (χ0) is 10.4. The highest BCUT2D eigenvalue weighted by Gasteiger charge is 2.01. The van der Waals surface area contributed by atoms with E-state index in [1.807, 2.05) is 20.9 Å². The summed E-state index contributed by atoms with van der Waals surface area (Å²) in [5.74, 6) is 0. The fourth-order valence-electron chi connectivity index (χ4n) is 0.867. The van der Waals surface area contributed by atoms with Crippen LogP contribution < -0.4 is 0 Å². The summed E-state index contributed by atoms with van der Waals surface area (Å²) >= 11 is 0. The minimum absolute atomic E-state index is 0.878. The largest absolute Gasteiger partial charge is 0.277 e. The molecule has 0 aliphatic carbocycles. The van der Waals surface area contributed by atoms with Crippen LogP contribution >= 0.6 is 0 Å². The molecule has 0 aliphatic rings. The second-order valence-corrected chi connectivity index (χ2v) is 2.99. The zero-order valence-corrected chi connectivity index (χ0v) is 9.22. The van der Waals surface area contributed by atoms with Gasteiger partial charge in [-0.05, 0) is 26.3 Å². The monoisotopic (exact) mass is 181 g/mol. The van der Waals surface area contributed by atoms with Gasteiger partial charge in [0.2, 0.25) is 0 Å². The Morgan fingerprint density at radius 1 is 1.38 bits per heavy atom. The first kappa shape index (κ1) is 12.0. The van der Waals surface area contributed by atoms with Crippen LogP contribution in [0.25, 0.3) is 0 Å². The van der Waals surface area contributed by atoms with Crippen molar-refractivity contribution in [3.8, 4) is 0 Å². The molecule has 0 radical (unpaired) electrons. The number of nitrogens with zero attached hydrogens (tertiary/aromatic N) is 1. The van der Waals surface area contributed by atoms with E-state index in [0.29, 0.717) is 0 Å². The van der Waals surface area contributed by atoms with Crippen LogP contribution in [0, 0.1) is 0 Å². The Balaban J connectivity index is 4.51. The predicted molar refractivity (Wildman–Crippen MR) is 57.1 cm³/mol. The molecule has 13 heavy (non-hydrogen) atoms. The highest BCUT2D eigenvalue weighted by atomic mass is 16.7. The first-order valence-electron chi connectivity index (χ1n) is 4.31. The maximum atomic E-state index is 5.02. The third kappa shape index (κ3) is 3.95. The Morgan fingerprint density at radius 2 is 1.92 bits per heavy atom. The summed E-state index contributed by atoms with van der Waals surface area (Å²) in [6.45, 7) is 10.0. The number of hydroxylamine groups is 2. The molecule has 0 aliphatic heterocycles. The van der Waals surface area contributed by atoms with Crippen molar-refractivity contribution in [2.24, 2.45) is 0 Å². The molecular weight excluding hydrogens is 162 g/mol. The first-order chi connectivity index (χ1) is 6.02. The van der Waals surface area contributed by atoms with Gasteiger partial charge in [0.25, 0.3) is 0 Å². The van der Waals surface area contributed by atoms with Crippen LogP contribution in [0.3, 0.4) is 0 Å². The van der Waals surface area contributed by atoms with E-state index in [1.54, 1.807) is 12.2 Å². The molecule has 2 heteroatoms. The van der Waals surface area contributed by atoms with Gasteiger partial charge in [0.05, 0.1) is 12.8 Å². The molecule has 0 unspecified atom stereocenters. The maximum Gasteiger partial charge on any atom is 0.0638 e. The number of rotatable bonds is 4. The van der Waals surface area contributed by atoms with Gasteiger partial charge in [0.15, 0.2) is 0 Å². The third-order valence-electron chi connectivity index (χ3n) is 2.01. The van der Waals surface area contributed by atoms with Crippen molar-refractivity contribution in [2.75, 3.05) is 14.2 Å². The minimum atomic E-state index is 0.878. The van der Waals surface area contributed by atoms with Gasteiger partial charge in [-0.1, -0.05) is 24.3 Å². The summed E-state index contributed by atoms with van der Waals surface area (Å²) in [4.78, 5) is 5.02. The third-order valence-corrected chi connectivity index (χ3v) is 2.01. The van der Waals surface area contributed by atoms with Gasteiger partial charge in [0, 0.05) is 7.05 Å². The molecule has 0 aromatic carbocycles. The molecule has 0 atom stereocenters. The van der Waals surface area contributed by atoms with E-state index in [1.165, 1.54) is 5.57 Å². The summed E-state index contributed by atoms with van der Waals surface area (Å²) in [7, 11) is 3.46. The van der Waals surface area contributed by atoms with Crippen LogP contribution in [0.1, 0.15) is 20.8 Å². The number of hydrogen-bond donors (Lipinski definition) is 0. The summed E-state index contributed by atoms with van der Waals surface area (Å²) < 4.78 is 0. The molecular formula is C11H19NO. The smallest absolute Gasteiger partial charge is 0.0638 e. The number of hydrogen-bond acceptors (Lipinski definition) is 2. The second kappa shape index (κ2) is 5.60. The fourth-order valence-corrected chi connectivity index (χ4v) is 0.867. The van der Waals surface area contributed by atoms with E-state index in [0.717, 1.165) is 11.3 Å². The lowest BCUT2D eigenvalue weighted by atomic mass is 10.1. The Labute approximate surface area is 81.1 Å². The Kier molecular flexibility index (Phi) is 5.16. The van der Waals surface area contributed by atoms with Crippen molar-refractivity contribution in [1.82, 2.24) is 5.06 Å². The lowest BCUT2D eigenvalue weighted by molar-refractivity contribution is -0.0743. The van der Waals surface area contributed by atoms with E-state index in [2.05, 4.69) is 25.7 Å². The van der Waals surface area contributed by atoms with Gasteiger partial charge in [-0.15, -0.1) is 0 Å². The summed E-state index contributed by atoms with van der Waals surface area (Å²) in [6.07, 6.45) is 4.14. The Bertz CT molecular complexity index is 238. The molecule has 0 bridgehead atoms. The molecule has 0 saturated heterocycles. The molecule has 74 valence electrons. The standard InChI is InChI=1S/C11H19NO/c1-7-9(2)8-10(3)11(4)12(5)13-6/h7-8H,4H2,1-3,5-6H3/b9-7-,10-8-. The van der Waals surface area contributed by atoms with Crippen LogP contribution in [0.15, 0.2) is 35.6 Å². The van der Waals surface area contributed by atoms with E-state index in [4.69, 9.17) is 4.84 Å². The highest BCUT2D eigenvalue weighted by molar-refractivity contribution is 5.31. The summed E-state index contributed by atoms with van der Waals surface area (Å²) in [5, 5.41) is 1.65. The van der Waals surface area contributed by atoms with Crippen molar-refractivity contribution < 1.29 is 4.84 Å². The normalized spacial score (nSPS) is 13.0. The van der Waals surface area contributed by atoms with Crippen molar-refractivity contribution >= 4 is 0 Å². The van der Waals surface area contributed by atoms with Gasteiger partial charge >= 0.3 is 0 Å². The molecule has 0 heterocycles. The maximum absolute atomic E-state index is 5.02. The fraction of sp³-hybridized carbons (Fsp3) is 0.455. The van der Waals surface area contributed by atoms with Crippen LogP contribution in [0.4, 0.5) is 0 Å². The summed E-state index contributed by atoms with van der Waals surface area (Å²) in [5.41, 5.74) is 3.21. The number of likely N-dealkylation sites (N-methyl/N-ethyl adjacent to an activating group) is 1. The molecule has 0 spiro atoms. The SMILES string of the molecule is C=C(/C(C)=C\C(C)=C/C)N(C)OC. The summed E-state index contributed by atoms with van der Waals surface area (Å²) in [6, 6.07) is 0. The molecule has 0 aromatic rings. The van der Waals surface area contributed by atoms with E-state index in [9.17, 15) is 0 Å². The van der Waals surface area contributed by atoms with Gasteiger partial charge in [-0.25, -0.2) is 0 Å². The van der Waals surface area contributed by atoms with Gasteiger partial charge in [-0.3, -0.25) is 9.90 Å². The number of allylic oxidation sites excluding steroid dienone is 4. The zero-order valence-electron chi connectivity index (χ0n) is 9.22. The van der Waals surface area contributed by atoms with Gasteiger partial charge in [-0.2, -0.15) is 0 Å². The second-order valence-electron chi connectivity index (χ2n) is 2.99. The quantitative estimate of drug-likeness (QED) is 0.488. The molecule has 0 fully saturated rings. The first-order valence-corrected chi connectivity index (χ1v) is 4.31. The predicted octanol–water partition coefficient (Wildman–Crippen LogP) is 2.91. The molecule has 0 aromatic heterocycles. The van der Waals surface area contributed by atoms with E-state index >= 15 is 0 Å². The van der Waals surface area contributed by atoms with Crippen LogP contribution in [0.2, 0.25) is 0 Å². The van der Waals surface area contributed by atoms with Crippen molar-refractivity contribution in [3.63, 3.8) is 0 Å². The Morgan fingerprint density at radius 3 is 2.31 bits per heavy atom. The van der Waals surface area contributed by atoms with Gasteiger partial charge < -0.3 is 0 Å². The average molecular weight is 181 g/mol. The molecule has 0 saturated carbocycles. The molecule has 0 rings (SSSR count). The highest BCUT2D eigenvalue weighted by Crippen LogP contribution is 2.13. The topological polar surface area (TPSA) is 12.5 Å². The van der Waals surface area contributed by atoms with E-state index < -0.39 is 0 Å². The molecule has 0 N–H and O–H groups in total. The lowest BCUT2D eigenvalue weighted by Crippen LogP contribution is -2.15. The van der Waals surface area contributed by atoms with Crippen molar-refractivity contribution in [1.29, 1.82) is 0 Å². The minimum Gasteiger partial charge on any atom is -0.277 e. The van der Waals surface area contributed by atoms with Crippen LogP contribution in [0.5, 0.6) is 0 Å². The van der Waals surface area contributed by atoms with Crippen molar-refractivity contribution in [3.05, 3.63) is 35.6 Å². The molecule has 2 nitrogen and oxygen atoms in total. The lowest BCUT2D eigenvalue weighted by Gasteiger charge is -2.18. The van der Waals surface area contributed by atoms with E-state index in [-0.39, 0.29) is 0 Å². The molecule has 0 amide bonds. The average Bonchev–Trinajstić information content (AvgIpc) is 2.14. The van der Waals surface area contributed by atoms with Crippen molar-refractivity contribution in [2.45, 2.75) is 20.8 Å². The van der Waals surface area contributed by atoms with Crippen LogP contribution in [-0.4, -0.2) is 19.2 Å². The van der Waals surface area contributed by atoms with Gasteiger partial charge in [0.1, 0.15) is 0 Å². The Hall–Kier alpha value is -1.02. The van der Waals surface area contributed by atoms with Crippen LogP contribution in [-0.2, 0) is 4.84 Å².